The number of carbonyl (C=O) groups excluding carboxylic acids is 1. The van der Waals surface area contributed by atoms with Crippen molar-refractivity contribution in [3.05, 3.63) is 78.4 Å². The number of benzene rings is 2. The first-order valence-electron chi connectivity index (χ1n) is 7.86. The molecule has 6 heteroatoms. The number of rotatable bonds is 5. The third kappa shape index (κ3) is 4.30. The second-order valence-corrected chi connectivity index (χ2v) is 5.37. The van der Waals surface area contributed by atoms with Crippen LogP contribution >= 0.6 is 0 Å². The maximum Gasteiger partial charge on any atom is 0.248 e. The van der Waals surface area contributed by atoms with Crippen LogP contribution in [0.1, 0.15) is 5.56 Å². The number of carbonyl (C=O) groups is 1. The van der Waals surface area contributed by atoms with Gasteiger partial charge in [0.15, 0.2) is 5.82 Å². The SMILES string of the molecule is COc1ccccc1/C=C/C(=O)Nc1cnc(-c2cccc(F)c2)nc1. The quantitative estimate of drug-likeness (QED) is 0.709. The Morgan fingerprint density at radius 2 is 1.88 bits per heavy atom. The molecule has 0 radical (unpaired) electrons. The zero-order chi connectivity index (χ0) is 18.4. The number of anilines is 1. The summed E-state index contributed by atoms with van der Waals surface area (Å²) in [5.41, 5.74) is 1.81. The Hall–Kier alpha value is -3.54. The highest BCUT2D eigenvalue weighted by Crippen LogP contribution is 2.19. The van der Waals surface area contributed by atoms with Gasteiger partial charge in [-0.2, -0.15) is 0 Å². The number of aromatic nitrogens is 2. The summed E-state index contributed by atoms with van der Waals surface area (Å²) in [7, 11) is 1.57. The summed E-state index contributed by atoms with van der Waals surface area (Å²) in [6.07, 6.45) is 6.01. The highest BCUT2D eigenvalue weighted by Gasteiger charge is 2.04. The van der Waals surface area contributed by atoms with Gasteiger partial charge < -0.3 is 10.1 Å². The third-order valence-electron chi connectivity index (χ3n) is 3.56. The molecule has 1 heterocycles. The average Bonchev–Trinajstić information content (AvgIpc) is 2.67. The van der Waals surface area contributed by atoms with Crippen molar-refractivity contribution in [1.29, 1.82) is 0 Å². The lowest BCUT2D eigenvalue weighted by molar-refractivity contribution is -0.111. The van der Waals surface area contributed by atoms with Gasteiger partial charge in [0.1, 0.15) is 11.6 Å². The van der Waals surface area contributed by atoms with Gasteiger partial charge in [0.2, 0.25) is 5.91 Å². The van der Waals surface area contributed by atoms with E-state index in [0.717, 1.165) is 5.56 Å². The molecule has 0 saturated heterocycles. The molecular weight excluding hydrogens is 333 g/mol. The van der Waals surface area contributed by atoms with Gasteiger partial charge in [-0.3, -0.25) is 4.79 Å². The number of nitrogens with zero attached hydrogens (tertiary/aromatic N) is 2. The van der Waals surface area contributed by atoms with E-state index < -0.39 is 0 Å². The van der Waals surface area contributed by atoms with Gasteiger partial charge in [-0.15, -0.1) is 0 Å². The Morgan fingerprint density at radius 3 is 2.62 bits per heavy atom. The van der Waals surface area contributed by atoms with Gasteiger partial charge in [-0.05, 0) is 24.3 Å². The molecule has 0 atom stereocenters. The fourth-order valence-corrected chi connectivity index (χ4v) is 2.32. The number of ether oxygens (including phenoxy) is 1. The molecule has 3 aromatic rings. The van der Waals surface area contributed by atoms with Crippen LogP contribution in [0.2, 0.25) is 0 Å². The van der Waals surface area contributed by atoms with Crippen LogP contribution in [0.3, 0.4) is 0 Å². The molecule has 0 bridgehead atoms. The minimum Gasteiger partial charge on any atom is -0.496 e. The Balaban J connectivity index is 1.67. The van der Waals surface area contributed by atoms with Crippen LogP contribution in [0.5, 0.6) is 5.75 Å². The van der Waals surface area contributed by atoms with Crippen LogP contribution in [0.15, 0.2) is 67.0 Å². The molecule has 130 valence electrons. The van der Waals surface area contributed by atoms with Crippen LogP contribution in [-0.2, 0) is 4.79 Å². The predicted molar refractivity (Wildman–Crippen MR) is 98.1 cm³/mol. The number of hydrogen-bond acceptors (Lipinski definition) is 4. The monoisotopic (exact) mass is 349 g/mol. The summed E-state index contributed by atoms with van der Waals surface area (Å²) in [5.74, 6) is 0.384. The summed E-state index contributed by atoms with van der Waals surface area (Å²) < 4.78 is 18.5. The van der Waals surface area contributed by atoms with Crippen LogP contribution in [0.25, 0.3) is 17.5 Å². The smallest absolute Gasteiger partial charge is 0.248 e. The Bertz CT molecular complexity index is 940. The van der Waals surface area contributed by atoms with Crippen LogP contribution in [-0.4, -0.2) is 23.0 Å². The first kappa shape index (κ1) is 17.3. The van der Waals surface area contributed by atoms with E-state index in [1.54, 1.807) is 25.3 Å². The van der Waals surface area contributed by atoms with Gasteiger partial charge in [0, 0.05) is 17.2 Å². The Kier molecular flexibility index (Phi) is 5.34. The molecule has 0 saturated carbocycles. The fourth-order valence-electron chi connectivity index (χ4n) is 2.32. The van der Waals surface area contributed by atoms with Crippen LogP contribution in [0.4, 0.5) is 10.1 Å². The molecular formula is C20H16FN3O2. The second-order valence-electron chi connectivity index (χ2n) is 5.37. The number of nitrogens with one attached hydrogen (secondary N) is 1. The van der Waals surface area contributed by atoms with Gasteiger partial charge >= 0.3 is 0 Å². The standard InChI is InChI=1S/C20H16FN3O2/c1-26-18-8-3-2-5-14(18)9-10-19(25)24-17-12-22-20(23-13-17)15-6-4-7-16(21)11-15/h2-13H,1H3,(H,24,25)/b10-9+. The van der Waals surface area contributed by atoms with Crippen molar-refractivity contribution in [3.63, 3.8) is 0 Å². The number of halogens is 1. The number of methoxy groups -OCH3 is 1. The molecule has 3 rings (SSSR count). The number of para-hydroxylation sites is 1. The first-order valence-corrected chi connectivity index (χ1v) is 7.86. The maximum atomic E-state index is 13.3. The van der Waals surface area contributed by atoms with Crippen LogP contribution < -0.4 is 10.1 Å². The molecule has 2 aromatic carbocycles. The topological polar surface area (TPSA) is 64.1 Å². The molecule has 0 aliphatic carbocycles. The number of amides is 1. The normalized spacial score (nSPS) is 10.7. The van der Waals surface area contributed by atoms with E-state index in [2.05, 4.69) is 15.3 Å². The molecule has 1 amide bonds. The lowest BCUT2D eigenvalue weighted by Gasteiger charge is -2.05. The van der Waals surface area contributed by atoms with Crippen LogP contribution in [0, 0.1) is 5.82 Å². The zero-order valence-corrected chi connectivity index (χ0v) is 14.0. The minimum absolute atomic E-state index is 0.321. The largest absolute Gasteiger partial charge is 0.496 e. The van der Waals surface area contributed by atoms with Crippen molar-refractivity contribution in [2.45, 2.75) is 0 Å². The lowest BCUT2D eigenvalue weighted by atomic mass is 10.2. The van der Waals surface area contributed by atoms with E-state index in [0.29, 0.717) is 22.8 Å². The highest BCUT2D eigenvalue weighted by molar-refractivity contribution is 6.01. The molecule has 0 unspecified atom stereocenters. The van der Waals surface area contributed by atoms with Gasteiger partial charge in [-0.1, -0.05) is 30.3 Å². The predicted octanol–water partition coefficient (Wildman–Crippen LogP) is 3.94. The van der Waals surface area contributed by atoms with Crippen molar-refractivity contribution in [1.82, 2.24) is 9.97 Å². The average molecular weight is 349 g/mol. The van der Waals surface area contributed by atoms with E-state index in [1.165, 1.54) is 30.6 Å². The minimum atomic E-state index is -0.357. The van der Waals surface area contributed by atoms with Gasteiger partial charge in [0.05, 0.1) is 25.2 Å². The molecule has 0 aliphatic rings. The van der Waals surface area contributed by atoms with Crippen molar-refractivity contribution < 1.29 is 13.9 Å². The summed E-state index contributed by atoms with van der Waals surface area (Å²) in [5, 5.41) is 2.67. The molecule has 0 spiro atoms. The molecule has 26 heavy (non-hydrogen) atoms. The summed E-state index contributed by atoms with van der Waals surface area (Å²) in [6, 6.07) is 13.4. The zero-order valence-electron chi connectivity index (χ0n) is 14.0. The van der Waals surface area contributed by atoms with E-state index in [1.807, 2.05) is 24.3 Å². The highest BCUT2D eigenvalue weighted by atomic mass is 19.1. The van der Waals surface area contributed by atoms with E-state index in [9.17, 15) is 9.18 Å². The summed E-state index contributed by atoms with van der Waals surface area (Å²) in [4.78, 5) is 20.3. The van der Waals surface area contributed by atoms with Crippen molar-refractivity contribution in [2.24, 2.45) is 0 Å². The van der Waals surface area contributed by atoms with Gasteiger partial charge in [-0.25, -0.2) is 14.4 Å². The summed E-state index contributed by atoms with van der Waals surface area (Å²) >= 11 is 0. The molecule has 1 aromatic heterocycles. The first-order chi connectivity index (χ1) is 12.7. The Labute approximate surface area is 150 Å². The molecule has 0 aliphatic heterocycles. The van der Waals surface area contributed by atoms with Crippen molar-refractivity contribution in [3.8, 4) is 17.1 Å². The molecule has 5 nitrogen and oxygen atoms in total. The maximum absolute atomic E-state index is 13.3. The molecule has 0 fully saturated rings. The van der Waals surface area contributed by atoms with E-state index >= 15 is 0 Å². The third-order valence-corrected chi connectivity index (χ3v) is 3.56. The van der Waals surface area contributed by atoms with Crippen molar-refractivity contribution >= 4 is 17.7 Å². The molecule has 1 N–H and O–H groups in total. The number of hydrogen-bond donors (Lipinski definition) is 1. The van der Waals surface area contributed by atoms with Crippen molar-refractivity contribution in [2.75, 3.05) is 12.4 Å². The van der Waals surface area contributed by atoms with Gasteiger partial charge in [0.25, 0.3) is 0 Å². The lowest BCUT2D eigenvalue weighted by Crippen LogP contribution is -2.08. The van der Waals surface area contributed by atoms with E-state index in [4.69, 9.17) is 4.74 Å². The summed E-state index contributed by atoms with van der Waals surface area (Å²) in [6.45, 7) is 0. The Morgan fingerprint density at radius 1 is 1.12 bits per heavy atom. The second kappa shape index (κ2) is 8.02. The van der Waals surface area contributed by atoms with E-state index in [-0.39, 0.29) is 11.7 Å². The fraction of sp³-hybridized carbons (Fsp3) is 0.0500.